The highest BCUT2D eigenvalue weighted by atomic mass is 14.9. The fraction of sp³-hybridized carbons (Fsp3) is 0.0444. The van der Waals surface area contributed by atoms with E-state index in [4.69, 9.17) is 4.98 Å². The van der Waals surface area contributed by atoms with E-state index in [9.17, 15) is 0 Å². The Morgan fingerprint density at radius 3 is 1.63 bits per heavy atom. The SMILES string of the molecule is C1=C(c2ccc3c(c2)C2(c4ccccc4-c4ccccc42)c2cc(-c4ccc(-c5ccccn5)nc4)ccc2-3)CNC(c2ccccn2)=C1. The molecule has 4 heteroatoms. The van der Waals surface area contributed by atoms with Crippen molar-refractivity contribution in [1.29, 1.82) is 0 Å². The summed E-state index contributed by atoms with van der Waals surface area (Å²) in [6.45, 7) is 0.736. The molecule has 0 fully saturated rings. The van der Waals surface area contributed by atoms with Crippen LogP contribution in [0, 0.1) is 0 Å². The van der Waals surface area contributed by atoms with E-state index in [-0.39, 0.29) is 0 Å². The van der Waals surface area contributed by atoms with Crippen LogP contribution in [0.2, 0.25) is 0 Å². The van der Waals surface area contributed by atoms with Crippen molar-refractivity contribution < 1.29 is 0 Å². The molecule has 1 aliphatic heterocycles. The number of allylic oxidation sites excluding steroid dienone is 2. The molecule has 3 aliphatic rings. The Morgan fingerprint density at radius 1 is 0.449 bits per heavy atom. The molecule has 0 atom stereocenters. The Hall–Kier alpha value is -6.39. The zero-order valence-electron chi connectivity index (χ0n) is 26.6. The molecule has 1 N–H and O–H groups in total. The molecule has 4 aromatic carbocycles. The molecular weight excluding hydrogens is 597 g/mol. The Morgan fingerprint density at radius 2 is 1.02 bits per heavy atom. The van der Waals surface area contributed by atoms with Crippen molar-refractivity contribution in [2.45, 2.75) is 5.41 Å². The van der Waals surface area contributed by atoms with Gasteiger partial charge in [0.05, 0.1) is 28.2 Å². The van der Waals surface area contributed by atoms with E-state index in [0.717, 1.165) is 40.5 Å². The van der Waals surface area contributed by atoms with E-state index in [1.54, 1.807) is 0 Å². The van der Waals surface area contributed by atoms with Crippen molar-refractivity contribution >= 4 is 11.3 Å². The second kappa shape index (κ2) is 10.8. The third-order valence-electron chi connectivity index (χ3n) is 10.3. The lowest BCUT2D eigenvalue weighted by molar-refractivity contribution is 0.793. The van der Waals surface area contributed by atoms with Gasteiger partial charge in [0.1, 0.15) is 0 Å². The number of dihydropyridines is 1. The molecule has 1 spiro atoms. The van der Waals surface area contributed by atoms with Gasteiger partial charge in [-0.1, -0.05) is 97.1 Å². The number of hydrogen-bond acceptors (Lipinski definition) is 4. The molecule has 0 saturated heterocycles. The minimum absolute atomic E-state index is 0.442. The molecule has 0 bridgehead atoms. The molecule has 4 heterocycles. The predicted octanol–water partition coefficient (Wildman–Crippen LogP) is 9.58. The summed E-state index contributed by atoms with van der Waals surface area (Å²) in [5.41, 5.74) is 18.5. The second-order valence-electron chi connectivity index (χ2n) is 12.8. The number of nitrogens with zero attached hydrogens (tertiary/aromatic N) is 3. The lowest BCUT2D eigenvalue weighted by Gasteiger charge is -2.31. The maximum absolute atomic E-state index is 4.82. The molecule has 3 aromatic heterocycles. The van der Waals surface area contributed by atoms with Crippen LogP contribution in [-0.4, -0.2) is 21.5 Å². The van der Waals surface area contributed by atoms with Crippen LogP contribution in [0.25, 0.3) is 56.0 Å². The number of rotatable bonds is 4. The zero-order valence-corrected chi connectivity index (χ0v) is 26.6. The molecule has 2 aliphatic carbocycles. The highest BCUT2D eigenvalue weighted by molar-refractivity contribution is 5.96. The van der Waals surface area contributed by atoms with E-state index in [2.05, 4.69) is 124 Å². The third kappa shape index (κ3) is 4.14. The summed E-state index contributed by atoms with van der Waals surface area (Å²) in [4.78, 5) is 13.9. The normalized spacial score (nSPS) is 14.6. The van der Waals surface area contributed by atoms with Crippen molar-refractivity contribution in [3.05, 3.63) is 198 Å². The highest BCUT2D eigenvalue weighted by Gasteiger charge is 2.51. The van der Waals surface area contributed by atoms with Crippen molar-refractivity contribution in [3.63, 3.8) is 0 Å². The third-order valence-corrected chi connectivity index (χ3v) is 10.3. The monoisotopic (exact) mass is 626 g/mol. The number of pyridine rings is 3. The fourth-order valence-electron chi connectivity index (χ4n) is 8.14. The van der Waals surface area contributed by atoms with Crippen LogP contribution in [0.5, 0.6) is 0 Å². The van der Waals surface area contributed by atoms with Gasteiger partial charge in [0.15, 0.2) is 0 Å². The molecule has 0 unspecified atom stereocenters. The lowest BCUT2D eigenvalue weighted by Crippen LogP contribution is -2.26. The predicted molar refractivity (Wildman–Crippen MR) is 197 cm³/mol. The van der Waals surface area contributed by atoms with Crippen LogP contribution in [-0.2, 0) is 5.41 Å². The van der Waals surface area contributed by atoms with Gasteiger partial charge in [-0.3, -0.25) is 15.0 Å². The standard InChI is InChI=1S/C45H30N4/c1-3-11-37-33(9-1)34-10-2-4-12-38(34)45(37)39-25-29(31-17-21-43(48-27-31)41-13-5-7-23-46-41)15-19-35(39)36-20-16-30(26-40(36)45)32-18-22-44(49-28-32)42-14-6-8-24-47-42/h1-27,49H,28H2. The van der Waals surface area contributed by atoms with Gasteiger partial charge in [-0.2, -0.15) is 0 Å². The zero-order chi connectivity index (χ0) is 32.4. The van der Waals surface area contributed by atoms with Crippen molar-refractivity contribution in [3.8, 4) is 44.8 Å². The van der Waals surface area contributed by atoms with Gasteiger partial charge < -0.3 is 5.32 Å². The van der Waals surface area contributed by atoms with Crippen LogP contribution in [0.1, 0.15) is 33.5 Å². The van der Waals surface area contributed by atoms with E-state index in [0.29, 0.717) is 0 Å². The van der Waals surface area contributed by atoms with Crippen LogP contribution < -0.4 is 5.32 Å². The molecular formula is C45H30N4. The Kier molecular flexibility index (Phi) is 6.12. The average Bonchev–Trinajstić information content (AvgIpc) is 3.65. The summed E-state index contributed by atoms with van der Waals surface area (Å²) < 4.78 is 0. The van der Waals surface area contributed by atoms with Gasteiger partial charge in [-0.05, 0) is 110 Å². The quantitative estimate of drug-likeness (QED) is 0.211. The number of nitrogens with one attached hydrogen (secondary N) is 1. The Bertz CT molecular complexity index is 2430. The molecule has 10 rings (SSSR count). The fourth-order valence-corrected chi connectivity index (χ4v) is 8.14. The summed E-state index contributed by atoms with van der Waals surface area (Å²) >= 11 is 0. The van der Waals surface area contributed by atoms with Gasteiger partial charge in [0, 0.05) is 30.7 Å². The second-order valence-corrected chi connectivity index (χ2v) is 12.8. The minimum Gasteiger partial charge on any atom is -0.379 e. The van der Waals surface area contributed by atoms with Crippen molar-refractivity contribution in [2.75, 3.05) is 6.54 Å². The van der Waals surface area contributed by atoms with Crippen molar-refractivity contribution in [2.24, 2.45) is 0 Å². The highest BCUT2D eigenvalue weighted by Crippen LogP contribution is 2.63. The average molecular weight is 627 g/mol. The van der Waals surface area contributed by atoms with Crippen LogP contribution >= 0.6 is 0 Å². The summed E-state index contributed by atoms with van der Waals surface area (Å²) in [5, 5.41) is 3.62. The summed E-state index contributed by atoms with van der Waals surface area (Å²) in [5.74, 6) is 0. The molecule has 230 valence electrons. The molecule has 0 amide bonds. The molecule has 0 radical (unpaired) electrons. The first-order valence-electron chi connectivity index (χ1n) is 16.7. The topological polar surface area (TPSA) is 50.7 Å². The first kappa shape index (κ1) is 27.7. The molecule has 4 nitrogen and oxygen atoms in total. The van der Waals surface area contributed by atoms with Gasteiger partial charge >= 0.3 is 0 Å². The largest absolute Gasteiger partial charge is 0.379 e. The summed E-state index contributed by atoms with van der Waals surface area (Å²) in [6.07, 6.45) is 10.0. The minimum atomic E-state index is -0.442. The molecule has 7 aromatic rings. The Balaban J connectivity index is 1.15. The van der Waals surface area contributed by atoms with Crippen LogP contribution in [0.3, 0.4) is 0 Å². The molecule has 0 saturated carbocycles. The lowest BCUT2D eigenvalue weighted by atomic mass is 9.70. The van der Waals surface area contributed by atoms with E-state index < -0.39 is 5.41 Å². The number of benzene rings is 4. The van der Waals surface area contributed by atoms with E-state index in [1.165, 1.54) is 55.6 Å². The van der Waals surface area contributed by atoms with Gasteiger partial charge in [0.2, 0.25) is 0 Å². The van der Waals surface area contributed by atoms with E-state index >= 15 is 0 Å². The van der Waals surface area contributed by atoms with Crippen LogP contribution in [0.15, 0.2) is 164 Å². The first-order valence-corrected chi connectivity index (χ1v) is 16.7. The summed E-state index contributed by atoms with van der Waals surface area (Å²) in [7, 11) is 0. The van der Waals surface area contributed by atoms with Gasteiger partial charge in [-0.25, -0.2) is 0 Å². The number of hydrogen-bond donors (Lipinski definition) is 1. The van der Waals surface area contributed by atoms with Gasteiger partial charge in [0.25, 0.3) is 0 Å². The van der Waals surface area contributed by atoms with E-state index in [1.807, 2.05) is 55.0 Å². The number of aromatic nitrogens is 3. The maximum Gasteiger partial charge on any atom is 0.0886 e. The Labute approximate surface area is 285 Å². The first-order chi connectivity index (χ1) is 24.3. The van der Waals surface area contributed by atoms with Crippen LogP contribution in [0.4, 0.5) is 0 Å². The number of fused-ring (bicyclic) bond motifs is 10. The van der Waals surface area contributed by atoms with Gasteiger partial charge in [-0.15, -0.1) is 0 Å². The van der Waals surface area contributed by atoms with Crippen molar-refractivity contribution in [1.82, 2.24) is 20.3 Å². The maximum atomic E-state index is 4.82. The molecule has 49 heavy (non-hydrogen) atoms. The smallest absolute Gasteiger partial charge is 0.0886 e. The summed E-state index contributed by atoms with van der Waals surface area (Å²) in [6, 6.07) is 48.2.